The van der Waals surface area contributed by atoms with Gasteiger partial charge >= 0.3 is 0 Å². The fourth-order valence-electron chi connectivity index (χ4n) is 2.42. The lowest BCUT2D eigenvalue weighted by molar-refractivity contribution is -0.123. The molecule has 1 atom stereocenters. The lowest BCUT2D eigenvalue weighted by Gasteiger charge is -2.29. The molecule has 0 radical (unpaired) electrons. The van der Waals surface area contributed by atoms with Gasteiger partial charge in [0.2, 0.25) is 5.91 Å². The van der Waals surface area contributed by atoms with Crippen LogP contribution >= 0.6 is 0 Å². The first kappa shape index (κ1) is 12.9. The summed E-state index contributed by atoms with van der Waals surface area (Å²) in [7, 11) is 0. The Morgan fingerprint density at radius 1 is 1.28 bits per heavy atom. The molecule has 98 valence electrons. The van der Waals surface area contributed by atoms with Gasteiger partial charge in [0, 0.05) is 17.8 Å². The maximum absolute atomic E-state index is 12.3. The zero-order valence-electron chi connectivity index (χ0n) is 11.4. The maximum atomic E-state index is 12.3. The molecule has 1 aliphatic rings. The van der Waals surface area contributed by atoms with Crippen molar-refractivity contribution >= 4 is 11.6 Å². The molecule has 1 aromatic carbocycles. The van der Waals surface area contributed by atoms with Crippen LogP contribution in [0.2, 0.25) is 0 Å². The molecule has 0 aliphatic carbocycles. The minimum Gasteiger partial charge on any atom is -0.360 e. The summed E-state index contributed by atoms with van der Waals surface area (Å²) in [6.07, 6.45) is 2.02. The molecule has 1 aliphatic heterocycles. The summed E-state index contributed by atoms with van der Waals surface area (Å²) in [5.41, 5.74) is 0.978. The molecule has 0 spiro atoms. The first-order valence-electron chi connectivity index (χ1n) is 6.61. The highest BCUT2D eigenvalue weighted by atomic mass is 16.2. The number of benzene rings is 1. The van der Waals surface area contributed by atoms with Crippen LogP contribution in [0.1, 0.15) is 33.6 Å². The SMILES string of the molecule is CC(C)(C)NC(=O)[C@@H]1CCCN1c1ccccc1. The monoisotopic (exact) mass is 246 g/mol. The Morgan fingerprint density at radius 3 is 2.56 bits per heavy atom. The summed E-state index contributed by atoms with van der Waals surface area (Å²) in [5.74, 6) is 0.142. The second kappa shape index (κ2) is 5.01. The van der Waals surface area contributed by atoms with E-state index in [2.05, 4.69) is 22.3 Å². The number of carbonyl (C=O) groups excluding carboxylic acids is 1. The molecule has 1 saturated heterocycles. The summed E-state index contributed by atoms with van der Waals surface area (Å²) in [6.45, 7) is 7.03. The van der Waals surface area contributed by atoms with Crippen molar-refractivity contribution in [3.63, 3.8) is 0 Å². The zero-order chi connectivity index (χ0) is 13.2. The zero-order valence-corrected chi connectivity index (χ0v) is 11.4. The molecule has 3 heteroatoms. The number of hydrogen-bond donors (Lipinski definition) is 1. The van der Waals surface area contributed by atoms with Gasteiger partial charge in [0.05, 0.1) is 0 Å². The van der Waals surface area contributed by atoms with Gasteiger partial charge in [0.1, 0.15) is 6.04 Å². The predicted molar refractivity (Wildman–Crippen MR) is 74.7 cm³/mol. The van der Waals surface area contributed by atoms with Crippen LogP contribution < -0.4 is 10.2 Å². The lowest BCUT2D eigenvalue weighted by Crippen LogP contribution is -2.50. The van der Waals surface area contributed by atoms with Gasteiger partial charge < -0.3 is 10.2 Å². The molecule has 0 unspecified atom stereocenters. The van der Waals surface area contributed by atoms with E-state index in [1.807, 2.05) is 39.0 Å². The third kappa shape index (κ3) is 3.03. The summed E-state index contributed by atoms with van der Waals surface area (Å²) in [4.78, 5) is 14.5. The van der Waals surface area contributed by atoms with Gasteiger partial charge in [0.15, 0.2) is 0 Å². The Kier molecular flexibility index (Phi) is 3.60. The molecular formula is C15H22N2O. The standard InChI is InChI=1S/C15H22N2O/c1-15(2,3)16-14(18)13-10-7-11-17(13)12-8-5-4-6-9-12/h4-6,8-9,13H,7,10-11H2,1-3H3,(H,16,18)/t13-/m0/s1. The Balaban J connectivity index is 2.11. The van der Waals surface area contributed by atoms with Gasteiger partial charge in [-0.3, -0.25) is 4.79 Å². The van der Waals surface area contributed by atoms with Crippen LogP contribution in [0.15, 0.2) is 30.3 Å². The normalized spacial score (nSPS) is 19.9. The van der Waals surface area contributed by atoms with Gasteiger partial charge in [-0.2, -0.15) is 0 Å². The first-order chi connectivity index (χ1) is 8.47. The van der Waals surface area contributed by atoms with Crippen LogP contribution in [0.4, 0.5) is 5.69 Å². The van der Waals surface area contributed by atoms with E-state index in [1.54, 1.807) is 0 Å². The molecule has 1 aromatic rings. The summed E-state index contributed by atoms with van der Waals surface area (Å²) >= 11 is 0. The second-order valence-electron chi connectivity index (χ2n) is 5.93. The third-order valence-electron chi connectivity index (χ3n) is 3.14. The number of anilines is 1. The number of carbonyl (C=O) groups is 1. The highest BCUT2D eigenvalue weighted by molar-refractivity contribution is 5.86. The summed E-state index contributed by atoms with van der Waals surface area (Å²) in [5, 5.41) is 3.08. The van der Waals surface area contributed by atoms with Crippen molar-refractivity contribution in [2.45, 2.75) is 45.2 Å². The predicted octanol–water partition coefficient (Wildman–Crippen LogP) is 2.57. The largest absolute Gasteiger partial charge is 0.360 e. The van der Waals surface area contributed by atoms with Crippen molar-refractivity contribution in [1.82, 2.24) is 5.32 Å². The van der Waals surface area contributed by atoms with Crippen molar-refractivity contribution in [2.75, 3.05) is 11.4 Å². The van der Waals surface area contributed by atoms with E-state index in [4.69, 9.17) is 0 Å². The van der Waals surface area contributed by atoms with E-state index in [0.717, 1.165) is 25.1 Å². The molecule has 1 amide bonds. The molecule has 1 fully saturated rings. The Labute approximate surface area is 109 Å². The Hall–Kier alpha value is -1.51. The molecule has 0 bridgehead atoms. The minimum atomic E-state index is -0.165. The van der Waals surface area contributed by atoms with E-state index in [-0.39, 0.29) is 17.5 Å². The summed E-state index contributed by atoms with van der Waals surface area (Å²) in [6, 6.07) is 10.2. The van der Waals surface area contributed by atoms with E-state index in [1.165, 1.54) is 0 Å². The number of para-hydroxylation sites is 1. The highest BCUT2D eigenvalue weighted by Crippen LogP contribution is 2.25. The molecule has 1 N–H and O–H groups in total. The van der Waals surface area contributed by atoms with Crippen LogP contribution in [0.5, 0.6) is 0 Å². The average Bonchev–Trinajstić information content (AvgIpc) is 2.76. The van der Waals surface area contributed by atoms with Crippen molar-refractivity contribution in [2.24, 2.45) is 0 Å². The van der Waals surface area contributed by atoms with Crippen LogP contribution in [-0.4, -0.2) is 24.0 Å². The Morgan fingerprint density at radius 2 is 1.94 bits per heavy atom. The van der Waals surface area contributed by atoms with Crippen molar-refractivity contribution < 1.29 is 4.79 Å². The molecule has 18 heavy (non-hydrogen) atoms. The number of rotatable bonds is 2. The lowest BCUT2D eigenvalue weighted by atomic mass is 10.1. The van der Waals surface area contributed by atoms with E-state index >= 15 is 0 Å². The second-order valence-corrected chi connectivity index (χ2v) is 5.93. The molecule has 3 nitrogen and oxygen atoms in total. The van der Waals surface area contributed by atoms with Crippen LogP contribution in [0.3, 0.4) is 0 Å². The molecule has 0 saturated carbocycles. The van der Waals surface area contributed by atoms with E-state index in [0.29, 0.717) is 0 Å². The van der Waals surface area contributed by atoms with Gasteiger partial charge in [-0.25, -0.2) is 0 Å². The smallest absolute Gasteiger partial charge is 0.243 e. The van der Waals surface area contributed by atoms with Gasteiger partial charge in [-0.15, -0.1) is 0 Å². The topological polar surface area (TPSA) is 32.3 Å². The molecule has 0 aromatic heterocycles. The molecular weight excluding hydrogens is 224 g/mol. The number of nitrogens with zero attached hydrogens (tertiary/aromatic N) is 1. The fraction of sp³-hybridized carbons (Fsp3) is 0.533. The van der Waals surface area contributed by atoms with Crippen LogP contribution in [0, 0.1) is 0 Å². The van der Waals surface area contributed by atoms with Gasteiger partial charge in [0.25, 0.3) is 0 Å². The minimum absolute atomic E-state index is 0.0216. The molecule has 2 rings (SSSR count). The van der Waals surface area contributed by atoms with Crippen molar-refractivity contribution in [3.05, 3.63) is 30.3 Å². The van der Waals surface area contributed by atoms with Gasteiger partial charge in [-0.05, 0) is 45.7 Å². The number of hydrogen-bond acceptors (Lipinski definition) is 2. The van der Waals surface area contributed by atoms with Gasteiger partial charge in [-0.1, -0.05) is 18.2 Å². The summed E-state index contributed by atoms with van der Waals surface area (Å²) < 4.78 is 0. The Bertz CT molecular complexity index is 408. The number of amides is 1. The average molecular weight is 246 g/mol. The van der Waals surface area contributed by atoms with E-state index < -0.39 is 0 Å². The van der Waals surface area contributed by atoms with E-state index in [9.17, 15) is 4.79 Å². The fourth-order valence-corrected chi connectivity index (χ4v) is 2.42. The van der Waals surface area contributed by atoms with Crippen molar-refractivity contribution in [1.29, 1.82) is 0 Å². The quantitative estimate of drug-likeness (QED) is 0.870. The third-order valence-corrected chi connectivity index (χ3v) is 3.14. The van der Waals surface area contributed by atoms with Crippen molar-refractivity contribution in [3.8, 4) is 0 Å². The number of nitrogens with one attached hydrogen (secondary N) is 1. The maximum Gasteiger partial charge on any atom is 0.243 e. The molecule has 1 heterocycles. The van der Waals surface area contributed by atoms with Crippen LogP contribution in [-0.2, 0) is 4.79 Å². The first-order valence-corrected chi connectivity index (χ1v) is 6.61. The highest BCUT2D eigenvalue weighted by Gasteiger charge is 2.32. The van der Waals surface area contributed by atoms with Crippen LogP contribution in [0.25, 0.3) is 0 Å².